The summed E-state index contributed by atoms with van der Waals surface area (Å²) in [5.74, 6) is 0.816. The zero-order valence-electron chi connectivity index (χ0n) is 18.0. The monoisotopic (exact) mass is 383 g/mol. The van der Waals surface area contributed by atoms with Crippen molar-refractivity contribution in [2.75, 3.05) is 6.61 Å². The zero-order valence-corrected chi connectivity index (χ0v) is 18.0. The molecule has 0 aliphatic heterocycles. The molecule has 0 spiro atoms. The first-order valence-corrected chi connectivity index (χ1v) is 10.5. The van der Waals surface area contributed by atoms with Crippen LogP contribution < -0.4 is 5.32 Å². The lowest BCUT2D eigenvalue weighted by Crippen LogP contribution is -2.48. The quantitative estimate of drug-likeness (QED) is 0.530. The molecule has 0 unspecified atom stereocenters. The van der Waals surface area contributed by atoms with E-state index in [2.05, 4.69) is 25.7 Å². The maximum atomic E-state index is 12.3. The molecule has 27 heavy (non-hydrogen) atoms. The molecule has 1 rings (SSSR count). The van der Waals surface area contributed by atoms with E-state index < -0.39 is 17.8 Å². The molecular weight excluding hydrogens is 342 g/mol. The number of aliphatic hydroxyl groups excluding tert-OH is 1. The standard InChI is InChI=1S/C22H41NO4/c1-7-13-26-20(16(2)3)15-19(24)18(14-17-11-9-8-10-12-17)23-21(25)27-22(4,5)6/h7,16-20,24H,1,8-15H2,2-6H3,(H,23,25)/t18-,19-,20-/m0/s1. The molecule has 158 valence electrons. The predicted molar refractivity (Wildman–Crippen MR) is 110 cm³/mol. The van der Waals surface area contributed by atoms with Crippen molar-refractivity contribution in [3.8, 4) is 0 Å². The Kier molecular flexibility index (Phi) is 10.4. The Hall–Kier alpha value is -1.07. The molecule has 2 N–H and O–H groups in total. The van der Waals surface area contributed by atoms with E-state index in [0.29, 0.717) is 18.9 Å². The highest BCUT2D eigenvalue weighted by atomic mass is 16.6. The summed E-state index contributed by atoms with van der Waals surface area (Å²) in [5.41, 5.74) is -0.558. The van der Waals surface area contributed by atoms with Crippen molar-refractivity contribution in [1.29, 1.82) is 0 Å². The summed E-state index contributed by atoms with van der Waals surface area (Å²) < 4.78 is 11.2. The van der Waals surface area contributed by atoms with Crippen LogP contribution >= 0.6 is 0 Å². The van der Waals surface area contributed by atoms with Crippen molar-refractivity contribution in [2.45, 2.75) is 103 Å². The number of rotatable bonds is 10. The van der Waals surface area contributed by atoms with Crippen LogP contribution in [0.3, 0.4) is 0 Å². The molecule has 5 nitrogen and oxygen atoms in total. The molecular formula is C22H41NO4. The van der Waals surface area contributed by atoms with Gasteiger partial charge in [0, 0.05) is 6.42 Å². The molecule has 0 radical (unpaired) electrons. The van der Waals surface area contributed by atoms with Gasteiger partial charge in [-0.25, -0.2) is 4.79 Å². The fourth-order valence-corrected chi connectivity index (χ4v) is 3.68. The van der Waals surface area contributed by atoms with Gasteiger partial charge in [0.05, 0.1) is 24.9 Å². The fraction of sp³-hybridized carbons (Fsp3) is 0.864. The van der Waals surface area contributed by atoms with Crippen LogP contribution in [0.1, 0.15) is 79.6 Å². The molecule has 5 heteroatoms. The average molecular weight is 384 g/mol. The first kappa shape index (κ1) is 24.0. The van der Waals surface area contributed by atoms with Crippen molar-refractivity contribution in [2.24, 2.45) is 11.8 Å². The molecule has 3 atom stereocenters. The van der Waals surface area contributed by atoms with E-state index in [1.807, 2.05) is 20.8 Å². The number of nitrogens with one attached hydrogen (secondary N) is 1. The number of aliphatic hydroxyl groups is 1. The smallest absolute Gasteiger partial charge is 0.407 e. The summed E-state index contributed by atoms with van der Waals surface area (Å²) in [6, 6.07) is -0.323. The minimum atomic E-state index is -0.670. The zero-order chi connectivity index (χ0) is 20.4. The van der Waals surface area contributed by atoms with Crippen LogP contribution in [0, 0.1) is 11.8 Å². The highest BCUT2D eigenvalue weighted by Crippen LogP contribution is 2.29. The highest BCUT2D eigenvalue weighted by Gasteiger charge is 2.30. The van der Waals surface area contributed by atoms with E-state index >= 15 is 0 Å². The average Bonchev–Trinajstić information content (AvgIpc) is 2.56. The first-order valence-electron chi connectivity index (χ1n) is 10.5. The molecule has 1 aliphatic carbocycles. The molecule has 1 saturated carbocycles. The van der Waals surface area contributed by atoms with Gasteiger partial charge in [-0.15, -0.1) is 6.58 Å². The molecule has 0 saturated heterocycles. The maximum absolute atomic E-state index is 12.3. The summed E-state index contributed by atoms with van der Waals surface area (Å²) in [4.78, 5) is 12.3. The molecule has 0 aromatic carbocycles. The Morgan fingerprint density at radius 2 is 1.89 bits per heavy atom. The third kappa shape index (κ3) is 10.2. The normalized spacial score (nSPS) is 19.4. The van der Waals surface area contributed by atoms with Crippen LogP contribution in [0.25, 0.3) is 0 Å². The molecule has 0 aromatic heterocycles. The summed E-state index contributed by atoms with van der Waals surface area (Å²) >= 11 is 0. The summed E-state index contributed by atoms with van der Waals surface area (Å²) in [7, 11) is 0. The van der Waals surface area contributed by atoms with Crippen LogP contribution in [0.4, 0.5) is 4.79 Å². The number of carbonyl (C=O) groups is 1. The van der Waals surface area contributed by atoms with Crippen LogP contribution in [0.5, 0.6) is 0 Å². The number of hydrogen-bond donors (Lipinski definition) is 2. The van der Waals surface area contributed by atoms with Gasteiger partial charge in [0.15, 0.2) is 0 Å². The number of hydrogen-bond acceptors (Lipinski definition) is 4. The Labute approximate surface area is 165 Å². The Morgan fingerprint density at radius 1 is 1.26 bits per heavy atom. The molecule has 0 heterocycles. The van der Waals surface area contributed by atoms with Gasteiger partial charge in [-0.1, -0.05) is 52.0 Å². The van der Waals surface area contributed by atoms with Gasteiger partial charge in [0.1, 0.15) is 5.60 Å². The summed E-state index contributed by atoms with van der Waals surface area (Å²) in [6.45, 7) is 13.9. The highest BCUT2D eigenvalue weighted by molar-refractivity contribution is 5.68. The minimum Gasteiger partial charge on any atom is -0.444 e. The molecule has 1 aliphatic rings. The van der Waals surface area contributed by atoms with Gasteiger partial charge in [0.2, 0.25) is 0 Å². The Morgan fingerprint density at radius 3 is 2.41 bits per heavy atom. The van der Waals surface area contributed by atoms with E-state index in [-0.39, 0.29) is 18.1 Å². The van der Waals surface area contributed by atoms with E-state index in [0.717, 1.165) is 6.42 Å². The number of alkyl carbamates (subject to hydrolysis) is 1. The third-order valence-corrected chi connectivity index (χ3v) is 5.12. The molecule has 1 amide bonds. The largest absolute Gasteiger partial charge is 0.444 e. The van der Waals surface area contributed by atoms with Crippen molar-refractivity contribution in [3.63, 3.8) is 0 Å². The Bertz CT molecular complexity index is 438. The fourth-order valence-electron chi connectivity index (χ4n) is 3.68. The van der Waals surface area contributed by atoms with E-state index in [1.165, 1.54) is 32.1 Å². The van der Waals surface area contributed by atoms with Gasteiger partial charge in [0.25, 0.3) is 0 Å². The topological polar surface area (TPSA) is 67.8 Å². The minimum absolute atomic E-state index is 0.0766. The lowest BCUT2D eigenvalue weighted by atomic mass is 9.82. The van der Waals surface area contributed by atoms with Crippen molar-refractivity contribution < 1.29 is 19.4 Å². The SMILES string of the molecule is C=CCO[C@@H](C[C@H](O)[C@H](CC1CCCCC1)NC(=O)OC(C)(C)C)C(C)C. The second-order valence-electron chi connectivity index (χ2n) is 9.20. The lowest BCUT2D eigenvalue weighted by Gasteiger charge is -2.33. The number of ether oxygens (including phenoxy) is 2. The van der Waals surface area contributed by atoms with Gasteiger partial charge in [-0.05, 0) is 39.0 Å². The molecule has 0 aromatic rings. The van der Waals surface area contributed by atoms with Crippen molar-refractivity contribution >= 4 is 6.09 Å². The Balaban J connectivity index is 2.76. The predicted octanol–water partition coefficient (Wildman–Crippen LogP) is 4.83. The first-order chi connectivity index (χ1) is 12.6. The van der Waals surface area contributed by atoms with Gasteiger partial charge in [-0.3, -0.25) is 0 Å². The van der Waals surface area contributed by atoms with E-state index in [4.69, 9.17) is 9.47 Å². The lowest BCUT2D eigenvalue weighted by molar-refractivity contribution is -0.0142. The molecule has 1 fully saturated rings. The second-order valence-corrected chi connectivity index (χ2v) is 9.20. The molecule has 0 bridgehead atoms. The van der Waals surface area contributed by atoms with Crippen molar-refractivity contribution in [3.05, 3.63) is 12.7 Å². The third-order valence-electron chi connectivity index (χ3n) is 5.12. The van der Waals surface area contributed by atoms with Gasteiger partial charge < -0.3 is 19.9 Å². The van der Waals surface area contributed by atoms with E-state index in [1.54, 1.807) is 6.08 Å². The van der Waals surface area contributed by atoms with Crippen LogP contribution in [0.2, 0.25) is 0 Å². The van der Waals surface area contributed by atoms with Crippen LogP contribution in [-0.4, -0.2) is 41.7 Å². The van der Waals surface area contributed by atoms with E-state index in [9.17, 15) is 9.90 Å². The van der Waals surface area contributed by atoms with Crippen molar-refractivity contribution in [1.82, 2.24) is 5.32 Å². The second kappa shape index (κ2) is 11.7. The summed E-state index contributed by atoms with van der Waals surface area (Å²) in [6.07, 6.45) is 7.87. The van der Waals surface area contributed by atoms with Crippen LogP contribution in [-0.2, 0) is 9.47 Å². The summed E-state index contributed by atoms with van der Waals surface area (Å²) in [5, 5.41) is 13.9. The number of amides is 1. The number of carbonyl (C=O) groups excluding carboxylic acids is 1. The van der Waals surface area contributed by atoms with Crippen LogP contribution in [0.15, 0.2) is 12.7 Å². The maximum Gasteiger partial charge on any atom is 0.407 e. The van der Waals surface area contributed by atoms with Gasteiger partial charge >= 0.3 is 6.09 Å². The van der Waals surface area contributed by atoms with Gasteiger partial charge in [-0.2, -0.15) is 0 Å².